The van der Waals surface area contributed by atoms with Gasteiger partial charge in [0.15, 0.2) is 0 Å². The zero-order valence-corrected chi connectivity index (χ0v) is 23.4. The van der Waals surface area contributed by atoms with Crippen LogP contribution >= 0.6 is 0 Å². The average molecular weight is 551 g/mol. The molecule has 0 bridgehead atoms. The number of aliphatic hydroxyl groups is 1. The van der Waals surface area contributed by atoms with Gasteiger partial charge in [-0.1, -0.05) is 34.1 Å². The van der Waals surface area contributed by atoms with E-state index >= 15 is 0 Å². The SMILES string of the molecule is CC[C@H]1[C@@H](O)[C@@H]2[C@H](CC[C@]3(C)[C@@H]([C@H](C)CCOS(=O)(=O)[O-])CC[C@@H]23)[C@@]2(C)CC[C@@H](OS(=O)(=O)[O-])C[C@@H]12. The molecule has 36 heavy (non-hydrogen) atoms. The highest BCUT2D eigenvalue weighted by molar-refractivity contribution is 7.81. The lowest BCUT2D eigenvalue weighted by Crippen LogP contribution is -2.62. The molecule has 0 aromatic rings. The summed E-state index contributed by atoms with van der Waals surface area (Å²) in [5.74, 6) is 1.52. The fourth-order valence-corrected chi connectivity index (χ4v) is 10.5. The Morgan fingerprint density at radius 2 is 1.58 bits per heavy atom. The van der Waals surface area contributed by atoms with Gasteiger partial charge in [0.2, 0.25) is 20.8 Å². The first kappa shape index (κ1) is 28.7. The molecule has 0 aliphatic heterocycles. The molecule has 4 rings (SSSR count). The maximum Gasteiger partial charge on any atom is 0.217 e. The topological polar surface area (TPSA) is 153 Å². The fraction of sp³-hybridized carbons (Fsp3) is 1.00. The minimum Gasteiger partial charge on any atom is -0.726 e. The summed E-state index contributed by atoms with van der Waals surface area (Å²) in [7, 11) is -9.45. The summed E-state index contributed by atoms with van der Waals surface area (Å²) in [6.07, 6.45) is 6.02. The van der Waals surface area contributed by atoms with Crippen molar-refractivity contribution in [2.24, 2.45) is 52.3 Å². The molecule has 0 unspecified atom stereocenters. The smallest absolute Gasteiger partial charge is 0.217 e. The maximum atomic E-state index is 11.8. The van der Waals surface area contributed by atoms with Crippen molar-refractivity contribution in [2.45, 2.75) is 97.7 Å². The molecule has 0 aromatic carbocycles. The number of hydrogen-bond donors (Lipinski definition) is 1. The van der Waals surface area contributed by atoms with Crippen LogP contribution in [0.5, 0.6) is 0 Å². The van der Waals surface area contributed by atoms with Crippen LogP contribution in [0.2, 0.25) is 0 Å². The second kappa shape index (κ2) is 10.0. The van der Waals surface area contributed by atoms with Gasteiger partial charge in [0.1, 0.15) is 0 Å². The first-order valence-corrected chi connectivity index (χ1v) is 16.2. The third-order valence-corrected chi connectivity index (χ3v) is 12.1. The van der Waals surface area contributed by atoms with E-state index in [0.29, 0.717) is 37.0 Å². The van der Waals surface area contributed by atoms with Gasteiger partial charge in [-0.15, -0.1) is 0 Å². The molecule has 4 fully saturated rings. The minimum atomic E-state index is -4.76. The molecule has 210 valence electrons. The van der Waals surface area contributed by atoms with Crippen molar-refractivity contribution in [3.05, 3.63) is 0 Å². The van der Waals surface area contributed by atoms with Gasteiger partial charge in [-0.25, -0.2) is 16.8 Å². The van der Waals surface area contributed by atoms with Gasteiger partial charge in [0.25, 0.3) is 0 Å². The van der Waals surface area contributed by atoms with E-state index < -0.39 is 33.0 Å². The van der Waals surface area contributed by atoms with E-state index in [9.17, 15) is 31.0 Å². The minimum absolute atomic E-state index is 0.0199. The third-order valence-electron chi connectivity index (χ3n) is 11.2. The Balaban J connectivity index is 1.55. The molecule has 11 heteroatoms. The van der Waals surface area contributed by atoms with Crippen molar-refractivity contribution in [3.63, 3.8) is 0 Å². The van der Waals surface area contributed by atoms with Crippen molar-refractivity contribution in [1.82, 2.24) is 0 Å². The van der Waals surface area contributed by atoms with Crippen molar-refractivity contribution in [1.29, 1.82) is 0 Å². The van der Waals surface area contributed by atoms with Crippen molar-refractivity contribution in [3.8, 4) is 0 Å². The van der Waals surface area contributed by atoms with Crippen LogP contribution in [0.1, 0.15) is 85.5 Å². The van der Waals surface area contributed by atoms with Gasteiger partial charge in [-0.2, -0.15) is 0 Å². The number of rotatable bonds is 8. The third kappa shape index (κ3) is 5.27. The molecule has 0 amide bonds. The van der Waals surface area contributed by atoms with Crippen LogP contribution in [-0.2, 0) is 29.2 Å². The molecule has 1 N–H and O–H groups in total. The molecular formula is C25H42O9S2-2. The van der Waals surface area contributed by atoms with Gasteiger partial charge in [0, 0.05) is 0 Å². The van der Waals surface area contributed by atoms with Crippen LogP contribution in [0.4, 0.5) is 0 Å². The Bertz CT molecular complexity index is 1010. The Hall–Kier alpha value is -0.300. The molecule has 4 saturated carbocycles. The van der Waals surface area contributed by atoms with Crippen LogP contribution in [0, 0.1) is 52.3 Å². The lowest BCUT2D eigenvalue weighted by atomic mass is 9.41. The summed E-state index contributed by atoms with van der Waals surface area (Å²) in [4.78, 5) is 0. The van der Waals surface area contributed by atoms with E-state index in [0.717, 1.165) is 38.5 Å². The van der Waals surface area contributed by atoms with Crippen LogP contribution in [0.25, 0.3) is 0 Å². The zero-order valence-electron chi connectivity index (χ0n) is 21.8. The Morgan fingerprint density at radius 3 is 2.19 bits per heavy atom. The molecular weight excluding hydrogens is 508 g/mol. The van der Waals surface area contributed by atoms with Gasteiger partial charge in [0.05, 0.1) is 18.8 Å². The Labute approximate surface area is 216 Å². The van der Waals surface area contributed by atoms with Crippen molar-refractivity contribution >= 4 is 20.8 Å². The van der Waals surface area contributed by atoms with E-state index in [1.807, 2.05) is 0 Å². The van der Waals surface area contributed by atoms with Crippen molar-refractivity contribution in [2.75, 3.05) is 6.61 Å². The van der Waals surface area contributed by atoms with Gasteiger partial charge in [-0.3, -0.25) is 8.37 Å². The Morgan fingerprint density at radius 1 is 0.944 bits per heavy atom. The summed E-state index contributed by atoms with van der Waals surface area (Å²) in [6.45, 7) is 8.73. The lowest BCUT2D eigenvalue weighted by molar-refractivity contribution is -0.202. The van der Waals surface area contributed by atoms with Gasteiger partial charge in [-0.05, 0) is 104 Å². The van der Waals surface area contributed by atoms with E-state index in [4.69, 9.17) is 4.18 Å². The second-order valence-corrected chi connectivity index (χ2v) is 14.7. The summed E-state index contributed by atoms with van der Waals surface area (Å²) in [6, 6.07) is 0. The van der Waals surface area contributed by atoms with Crippen LogP contribution in [0.15, 0.2) is 0 Å². The summed E-state index contributed by atoms with van der Waals surface area (Å²) < 4.78 is 75.7. The highest BCUT2D eigenvalue weighted by Crippen LogP contribution is 2.69. The zero-order chi connectivity index (χ0) is 26.7. The molecule has 0 spiro atoms. The predicted octanol–water partition coefficient (Wildman–Crippen LogP) is 3.60. The van der Waals surface area contributed by atoms with E-state index in [2.05, 4.69) is 31.9 Å². The largest absolute Gasteiger partial charge is 0.726 e. The number of aliphatic hydroxyl groups excluding tert-OH is 1. The predicted molar refractivity (Wildman–Crippen MR) is 130 cm³/mol. The van der Waals surface area contributed by atoms with Gasteiger partial charge < -0.3 is 14.2 Å². The monoisotopic (exact) mass is 550 g/mol. The standard InChI is InChI=1S/C25H44O9S2/c1-5-17-21-14-16(34-36(30,31)32)8-11-25(21,4)20-9-12-24(3)18(6-7-19(24)22(20)23(17)26)15(2)10-13-33-35(27,28)29/h15-23,26H,5-14H2,1-4H3,(H,27,28,29)(H,30,31,32)/p-2/t15-,16-,17-,18-,19+,20+,21+,22+,23-,24-,25-/m1/s1. The molecule has 0 radical (unpaired) electrons. The highest BCUT2D eigenvalue weighted by Gasteiger charge is 2.65. The fourth-order valence-electron chi connectivity index (χ4n) is 9.71. The molecule has 4 aliphatic carbocycles. The van der Waals surface area contributed by atoms with E-state index in [1.165, 1.54) is 0 Å². The average Bonchev–Trinajstić information content (AvgIpc) is 3.10. The summed E-state index contributed by atoms with van der Waals surface area (Å²) >= 11 is 0. The molecule has 4 aliphatic rings. The second-order valence-electron chi connectivity index (χ2n) is 12.6. The Kier molecular flexibility index (Phi) is 7.99. The van der Waals surface area contributed by atoms with Crippen LogP contribution < -0.4 is 0 Å². The summed E-state index contributed by atoms with van der Waals surface area (Å²) in [5, 5.41) is 11.8. The summed E-state index contributed by atoms with van der Waals surface area (Å²) in [5.41, 5.74) is -0.0191. The number of fused-ring (bicyclic) bond motifs is 5. The first-order chi connectivity index (χ1) is 16.6. The molecule has 0 heterocycles. The van der Waals surface area contributed by atoms with Gasteiger partial charge >= 0.3 is 0 Å². The molecule has 0 aromatic heterocycles. The van der Waals surface area contributed by atoms with E-state index in [-0.39, 0.29) is 41.1 Å². The normalized spacial score (nSPS) is 46.0. The van der Waals surface area contributed by atoms with Crippen LogP contribution in [0.3, 0.4) is 0 Å². The molecule has 11 atom stereocenters. The lowest BCUT2D eigenvalue weighted by Gasteiger charge is -2.65. The highest BCUT2D eigenvalue weighted by atomic mass is 32.3. The number of hydrogen-bond acceptors (Lipinski definition) is 9. The first-order valence-electron chi connectivity index (χ1n) is 13.5. The molecule has 9 nitrogen and oxygen atoms in total. The van der Waals surface area contributed by atoms with Crippen molar-refractivity contribution < 1.29 is 39.4 Å². The van der Waals surface area contributed by atoms with Crippen LogP contribution in [-0.4, -0.2) is 49.9 Å². The quantitative estimate of drug-likeness (QED) is 0.353. The molecule has 0 saturated heterocycles. The van der Waals surface area contributed by atoms with E-state index in [1.54, 1.807) is 0 Å². The maximum absolute atomic E-state index is 11.8.